The molecular weight excluding hydrogens is 126 g/mol. The van der Waals surface area contributed by atoms with Crippen LogP contribution in [0.5, 0.6) is 0 Å². The SMILES string of the molecule is COOC(=O)NC(C)=O. The molecule has 0 radical (unpaired) electrons. The van der Waals surface area contributed by atoms with Crippen LogP contribution < -0.4 is 5.32 Å². The minimum atomic E-state index is -0.912. The number of amides is 2. The van der Waals surface area contributed by atoms with E-state index in [1.54, 1.807) is 0 Å². The van der Waals surface area contributed by atoms with E-state index in [9.17, 15) is 9.59 Å². The molecule has 0 heterocycles. The van der Waals surface area contributed by atoms with Gasteiger partial charge in [-0.05, 0) is 0 Å². The van der Waals surface area contributed by atoms with Gasteiger partial charge < -0.3 is 0 Å². The van der Waals surface area contributed by atoms with Crippen LogP contribution in [-0.2, 0) is 14.6 Å². The lowest BCUT2D eigenvalue weighted by atomic mass is 10.7. The third-order valence-electron chi connectivity index (χ3n) is 0.437. The normalized spacial score (nSPS) is 8.22. The van der Waals surface area contributed by atoms with E-state index in [1.165, 1.54) is 14.0 Å². The highest BCUT2D eigenvalue weighted by Gasteiger charge is 2.02. The van der Waals surface area contributed by atoms with E-state index in [0.717, 1.165) is 0 Å². The number of imide groups is 1. The summed E-state index contributed by atoms with van der Waals surface area (Å²) in [6.07, 6.45) is -0.912. The lowest BCUT2D eigenvalue weighted by Crippen LogP contribution is -2.28. The van der Waals surface area contributed by atoms with E-state index in [1.807, 2.05) is 5.32 Å². The van der Waals surface area contributed by atoms with Crippen LogP contribution in [0.2, 0.25) is 0 Å². The Labute approximate surface area is 51.9 Å². The summed E-state index contributed by atoms with van der Waals surface area (Å²) in [7, 11) is 1.17. The van der Waals surface area contributed by atoms with Gasteiger partial charge in [0.15, 0.2) is 0 Å². The van der Waals surface area contributed by atoms with Gasteiger partial charge in [-0.25, -0.2) is 4.79 Å². The summed E-state index contributed by atoms with van der Waals surface area (Å²) < 4.78 is 0. The quantitative estimate of drug-likeness (QED) is 0.398. The molecule has 5 nitrogen and oxygen atoms in total. The molecule has 0 atom stereocenters. The molecule has 0 spiro atoms. The maximum Gasteiger partial charge on any atom is 0.445 e. The molecule has 0 aliphatic heterocycles. The first-order valence-corrected chi connectivity index (χ1v) is 2.19. The molecule has 0 bridgehead atoms. The molecule has 9 heavy (non-hydrogen) atoms. The second kappa shape index (κ2) is 3.85. The highest BCUT2D eigenvalue weighted by molar-refractivity contribution is 5.89. The molecule has 0 unspecified atom stereocenters. The molecule has 0 rings (SSSR count). The van der Waals surface area contributed by atoms with Crippen LogP contribution in [-0.4, -0.2) is 19.1 Å². The predicted octanol–water partition coefficient (Wildman–Crippen LogP) is -0.179. The minimum absolute atomic E-state index is 0.489. The summed E-state index contributed by atoms with van der Waals surface area (Å²) in [6, 6.07) is 0. The van der Waals surface area contributed by atoms with Gasteiger partial charge in [-0.15, -0.1) is 0 Å². The Bertz CT molecular complexity index is 122. The van der Waals surface area contributed by atoms with Crippen molar-refractivity contribution in [3.63, 3.8) is 0 Å². The summed E-state index contributed by atoms with van der Waals surface area (Å²) >= 11 is 0. The van der Waals surface area contributed by atoms with Gasteiger partial charge in [-0.1, -0.05) is 0 Å². The number of rotatable bonds is 1. The van der Waals surface area contributed by atoms with Crippen LogP contribution in [0.25, 0.3) is 0 Å². The number of carbonyl (C=O) groups excluding carboxylic acids is 2. The molecule has 5 heteroatoms. The Morgan fingerprint density at radius 2 is 2.00 bits per heavy atom. The van der Waals surface area contributed by atoms with Gasteiger partial charge in [0, 0.05) is 6.92 Å². The molecule has 0 aliphatic rings. The molecule has 0 aromatic rings. The third kappa shape index (κ3) is 4.76. The Morgan fingerprint density at radius 1 is 1.44 bits per heavy atom. The average Bonchev–Trinajstić information content (AvgIpc) is 1.63. The van der Waals surface area contributed by atoms with Crippen molar-refractivity contribution in [1.29, 1.82) is 0 Å². The third-order valence-corrected chi connectivity index (χ3v) is 0.437. The average molecular weight is 133 g/mol. The summed E-state index contributed by atoms with van der Waals surface area (Å²) in [5, 5.41) is 1.82. The van der Waals surface area contributed by atoms with Crippen molar-refractivity contribution < 1.29 is 19.4 Å². The smallest absolute Gasteiger partial charge is 0.275 e. The molecule has 0 aliphatic carbocycles. The zero-order valence-corrected chi connectivity index (χ0v) is 5.13. The lowest BCUT2D eigenvalue weighted by Gasteiger charge is -1.96. The van der Waals surface area contributed by atoms with Crippen LogP contribution in [0, 0.1) is 0 Å². The number of carbonyl (C=O) groups is 2. The minimum Gasteiger partial charge on any atom is -0.275 e. The summed E-state index contributed by atoms with van der Waals surface area (Å²) in [6.45, 7) is 1.19. The zero-order valence-electron chi connectivity index (χ0n) is 5.13. The maximum absolute atomic E-state index is 10.2. The second-order valence-corrected chi connectivity index (χ2v) is 1.22. The van der Waals surface area contributed by atoms with Crippen molar-refractivity contribution in [1.82, 2.24) is 5.32 Å². The fraction of sp³-hybridized carbons (Fsp3) is 0.500. The van der Waals surface area contributed by atoms with E-state index < -0.39 is 12.0 Å². The van der Waals surface area contributed by atoms with Crippen molar-refractivity contribution in [3.05, 3.63) is 0 Å². The van der Waals surface area contributed by atoms with Gasteiger partial charge in [0.1, 0.15) is 0 Å². The molecule has 0 fully saturated rings. The first-order valence-electron chi connectivity index (χ1n) is 2.19. The van der Waals surface area contributed by atoms with Gasteiger partial charge in [-0.2, -0.15) is 4.89 Å². The van der Waals surface area contributed by atoms with E-state index in [0.29, 0.717) is 0 Å². The first-order chi connectivity index (χ1) is 4.16. The van der Waals surface area contributed by atoms with Crippen LogP contribution in [0.1, 0.15) is 6.92 Å². The Hall–Kier alpha value is -1.10. The Kier molecular flexibility index (Phi) is 3.38. The monoisotopic (exact) mass is 133 g/mol. The van der Waals surface area contributed by atoms with Gasteiger partial charge in [-0.3, -0.25) is 15.0 Å². The molecule has 0 aromatic carbocycles. The van der Waals surface area contributed by atoms with E-state index >= 15 is 0 Å². The topological polar surface area (TPSA) is 64.6 Å². The van der Waals surface area contributed by atoms with Crippen molar-refractivity contribution in [2.24, 2.45) is 0 Å². The van der Waals surface area contributed by atoms with Gasteiger partial charge in [0.05, 0.1) is 7.11 Å². The molecule has 0 saturated carbocycles. The molecule has 2 amide bonds. The molecule has 0 saturated heterocycles. The Balaban J connectivity index is 3.39. The summed E-state index contributed by atoms with van der Waals surface area (Å²) in [5.74, 6) is -0.489. The molecular formula is C4H7NO4. The standard InChI is InChI=1S/C4H7NO4/c1-3(6)5-4(7)9-8-2/h1-2H3,(H,5,6,7). The largest absolute Gasteiger partial charge is 0.445 e. The fourth-order valence-corrected chi connectivity index (χ4v) is 0.240. The van der Waals surface area contributed by atoms with E-state index in [2.05, 4.69) is 9.78 Å². The molecule has 0 aromatic heterocycles. The van der Waals surface area contributed by atoms with Crippen LogP contribution in [0.4, 0.5) is 4.79 Å². The van der Waals surface area contributed by atoms with Crippen molar-refractivity contribution in [2.75, 3.05) is 7.11 Å². The first kappa shape index (κ1) is 7.90. The van der Waals surface area contributed by atoms with Gasteiger partial charge in [0.25, 0.3) is 0 Å². The number of hydrogen-bond acceptors (Lipinski definition) is 4. The highest BCUT2D eigenvalue weighted by atomic mass is 17.2. The van der Waals surface area contributed by atoms with Crippen LogP contribution in [0.15, 0.2) is 0 Å². The van der Waals surface area contributed by atoms with Crippen LogP contribution >= 0.6 is 0 Å². The lowest BCUT2D eigenvalue weighted by molar-refractivity contribution is -0.212. The van der Waals surface area contributed by atoms with Crippen molar-refractivity contribution in [3.8, 4) is 0 Å². The number of nitrogens with one attached hydrogen (secondary N) is 1. The van der Waals surface area contributed by atoms with Crippen LogP contribution in [0.3, 0.4) is 0 Å². The van der Waals surface area contributed by atoms with E-state index in [-0.39, 0.29) is 0 Å². The fourth-order valence-electron chi connectivity index (χ4n) is 0.240. The summed E-state index contributed by atoms with van der Waals surface area (Å²) in [5.41, 5.74) is 0. The predicted molar refractivity (Wildman–Crippen MR) is 27.3 cm³/mol. The molecule has 1 N–H and O–H groups in total. The van der Waals surface area contributed by atoms with Gasteiger partial charge in [0.2, 0.25) is 5.91 Å². The zero-order chi connectivity index (χ0) is 7.28. The van der Waals surface area contributed by atoms with Gasteiger partial charge >= 0.3 is 6.09 Å². The maximum atomic E-state index is 10.2. The Morgan fingerprint density at radius 3 is 2.33 bits per heavy atom. The van der Waals surface area contributed by atoms with Crippen molar-refractivity contribution in [2.45, 2.75) is 6.92 Å². The second-order valence-electron chi connectivity index (χ2n) is 1.22. The number of hydrogen-bond donors (Lipinski definition) is 1. The summed E-state index contributed by atoms with van der Waals surface area (Å²) in [4.78, 5) is 28.1. The highest BCUT2D eigenvalue weighted by Crippen LogP contribution is 1.74. The van der Waals surface area contributed by atoms with E-state index in [4.69, 9.17) is 0 Å². The molecule has 52 valence electrons. The van der Waals surface area contributed by atoms with Crippen molar-refractivity contribution >= 4 is 12.0 Å².